The Morgan fingerprint density at radius 1 is 1.80 bits per heavy atom. The lowest BCUT2D eigenvalue weighted by atomic mass is 10.2. The minimum atomic E-state index is -0.263. The summed E-state index contributed by atoms with van der Waals surface area (Å²) in [7, 11) is 0. The van der Waals surface area contributed by atoms with Crippen LogP contribution in [0.25, 0.3) is 0 Å². The molecule has 0 saturated heterocycles. The number of nitrogens with zero attached hydrogens (tertiary/aromatic N) is 1. The molecule has 1 heterocycles. The highest BCUT2D eigenvalue weighted by molar-refractivity contribution is 9.10. The van der Waals surface area contributed by atoms with Crippen molar-refractivity contribution in [2.24, 2.45) is 0 Å². The molecule has 0 radical (unpaired) electrons. The summed E-state index contributed by atoms with van der Waals surface area (Å²) < 4.78 is 0.711. The third-order valence-electron chi connectivity index (χ3n) is 1.76. The highest BCUT2D eigenvalue weighted by atomic mass is 79.9. The van der Waals surface area contributed by atoms with Crippen molar-refractivity contribution in [3.8, 4) is 0 Å². The quantitative estimate of drug-likeness (QED) is 0.687. The lowest BCUT2D eigenvalue weighted by Crippen LogP contribution is -2.31. The van der Waals surface area contributed by atoms with Crippen molar-refractivity contribution >= 4 is 33.4 Å². The number of carbonyl (C=O) groups excluding carboxylic acids is 1. The fraction of sp³-hybridized carbons (Fsp3) is 0.200. The number of carbonyl (C=O) groups is 1. The summed E-state index contributed by atoms with van der Waals surface area (Å²) in [4.78, 5) is 15.5. The standard InChI is InChI=1S/C10H10BrClN2O/c1-3-6(2)14-10(15)8-4-7(11)5-13-9(8)12/h3-6H,1H2,2H3,(H,14,15). The lowest BCUT2D eigenvalue weighted by Gasteiger charge is -2.09. The zero-order valence-corrected chi connectivity index (χ0v) is 10.5. The molecule has 1 rings (SSSR count). The molecule has 0 fully saturated rings. The third-order valence-corrected chi connectivity index (χ3v) is 2.50. The normalized spacial score (nSPS) is 11.9. The summed E-state index contributed by atoms with van der Waals surface area (Å²) in [6.07, 6.45) is 3.17. The summed E-state index contributed by atoms with van der Waals surface area (Å²) >= 11 is 9.03. The molecule has 1 unspecified atom stereocenters. The summed E-state index contributed by atoms with van der Waals surface area (Å²) in [5.74, 6) is -0.263. The van der Waals surface area contributed by atoms with Gasteiger partial charge in [-0.25, -0.2) is 4.98 Å². The monoisotopic (exact) mass is 288 g/mol. The van der Waals surface area contributed by atoms with Crippen molar-refractivity contribution in [2.75, 3.05) is 0 Å². The van der Waals surface area contributed by atoms with Crippen molar-refractivity contribution < 1.29 is 4.79 Å². The van der Waals surface area contributed by atoms with Crippen LogP contribution < -0.4 is 5.32 Å². The van der Waals surface area contributed by atoms with Gasteiger partial charge in [0.15, 0.2) is 0 Å². The summed E-state index contributed by atoms with van der Waals surface area (Å²) in [5, 5.41) is 2.90. The molecule has 1 N–H and O–H groups in total. The number of halogens is 2. The SMILES string of the molecule is C=CC(C)NC(=O)c1cc(Br)cnc1Cl. The highest BCUT2D eigenvalue weighted by Gasteiger charge is 2.12. The molecule has 5 heteroatoms. The van der Waals surface area contributed by atoms with Crippen LogP contribution in [0.15, 0.2) is 29.4 Å². The molecule has 1 atom stereocenters. The minimum absolute atomic E-state index is 0.104. The maximum atomic E-state index is 11.7. The van der Waals surface area contributed by atoms with Crippen LogP contribution in [0.4, 0.5) is 0 Å². The maximum absolute atomic E-state index is 11.7. The second kappa shape index (κ2) is 5.28. The van der Waals surface area contributed by atoms with Crippen LogP contribution in [0.1, 0.15) is 17.3 Å². The second-order valence-electron chi connectivity index (χ2n) is 2.99. The molecule has 3 nitrogen and oxygen atoms in total. The van der Waals surface area contributed by atoms with Gasteiger partial charge in [0.25, 0.3) is 5.91 Å². The Morgan fingerprint density at radius 3 is 3.07 bits per heavy atom. The first-order valence-electron chi connectivity index (χ1n) is 4.29. The van der Waals surface area contributed by atoms with Crippen molar-refractivity contribution in [3.63, 3.8) is 0 Å². The molecule has 1 amide bonds. The van der Waals surface area contributed by atoms with Crippen LogP contribution in [0.3, 0.4) is 0 Å². The number of hydrogen-bond acceptors (Lipinski definition) is 2. The van der Waals surface area contributed by atoms with E-state index in [2.05, 4.69) is 32.8 Å². The van der Waals surface area contributed by atoms with E-state index >= 15 is 0 Å². The average molecular weight is 290 g/mol. The summed E-state index contributed by atoms with van der Waals surface area (Å²) in [6, 6.07) is 1.52. The topological polar surface area (TPSA) is 42.0 Å². The van der Waals surface area contributed by atoms with Crippen LogP contribution in [-0.4, -0.2) is 16.9 Å². The Labute approximate surface area is 102 Å². The van der Waals surface area contributed by atoms with E-state index < -0.39 is 0 Å². The van der Waals surface area contributed by atoms with Gasteiger partial charge in [0.05, 0.1) is 5.56 Å². The smallest absolute Gasteiger partial charge is 0.254 e. The molecule has 0 spiro atoms. The lowest BCUT2D eigenvalue weighted by molar-refractivity contribution is 0.0946. The van der Waals surface area contributed by atoms with Gasteiger partial charge < -0.3 is 5.32 Å². The van der Waals surface area contributed by atoms with Crippen molar-refractivity contribution in [1.82, 2.24) is 10.3 Å². The van der Waals surface area contributed by atoms with Crippen molar-refractivity contribution in [1.29, 1.82) is 0 Å². The molecule has 0 aromatic carbocycles. The first-order chi connectivity index (χ1) is 7.04. The highest BCUT2D eigenvalue weighted by Crippen LogP contribution is 2.17. The van der Waals surface area contributed by atoms with Crippen LogP contribution in [0.5, 0.6) is 0 Å². The van der Waals surface area contributed by atoms with Gasteiger partial charge in [-0.3, -0.25) is 4.79 Å². The number of pyridine rings is 1. The number of hydrogen-bond donors (Lipinski definition) is 1. The molecule has 15 heavy (non-hydrogen) atoms. The molecule has 1 aromatic rings. The van der Waals surface area contributed by atoms with E-state index in [4.69, 9.17) is 11.6 Å². The first kappa shape index (κ1) is 12.2. The first-order valence-corrected chi connectivity index (χ1v) is 5.46. The van der Waals surface area contributed by atoms with Crippen LogP contribution in [0.2, 0.25) is 5.15 Å². The van der Waals surface area contributed by atoms with Gasteiger partial charge in [-0.15, -0.1) is 6.58 Å². The van der Waals surface area contributed by atoms with Gasteiger partial charge in [-0.2, -0.15) is 0 Å². The Hall–Kier alpha value is -0.870. The molecule has 80 valence electrons. The molecule has 0 aliphatic carbocycles. The maximum Gasteiger partial charge on any atom is 0.254 e. The molecule has 0 aliphatic heterocycles. The predicted molar refractivity (Wildman–Crippen MR) is 64.1 cm³/mol. The van der Waals surface area contributed by atoms with Gasteiger partial charge >= 0.3 is 0 Å². The van der Waals surface area contributed by atoms with Crippen molar-refractivity contribution in [2.45, 2.75) is 13.0 Å². The molecular formula is C10H10BrClN2O. The fourth-order valence-electron chi connectivity index (χ4n) is 0.925. The summed E-state index contributed by atoms with van der Waals surface area (Å²) in [5.41, 5.74) is 0.347. The predicted octanol–water partition coefficient (Wildman–Crippen LogP) is 2.80. The molecule has 0 aliphatic rings. The Bertz CT molecular complexity index is 395. The van der Waals surface area contributed by atoms with Crippen LogP contribution >= 0.6 is 27.5 Å². The third kappa shape index (κ3) is 3.32. The van der Waals surface area contributed by atoms with Crippen LogP contribution in [-0.2, 0) is 0 Å². The van der Waals surface area contributed by atoms with Crippen LogP contribution in [0, 0.1) is 0 Å². The average Bonchev–Trinajstić information content (AvgIpc) is 2.21. The molecule has 0 bridgehead atoms. The molecule has 0 saturated carbocycles. The number of nitrogens with one attached hydrogen (secondary N) is 1. The second-order valence-corrected chi connectivity index (χ2v) is 4.26. The fourth-order valence-corrected chi connectivity index (χ4v) is 1.45. The Balaban J connectivity index is 2.90. The largest absolute Gasteiger partial charge is 0.346 e. The summed E-state index contributed by atoms with van der Waals surface area (Å²) in [6.45, 7) is 5.40. The van der Waals surface area contributed by atoms with Gasteiger partial charge in [0, 0.05) is 16.7 Å². The van der Waals surface area contributed by atoms with E-state index in [0.29, 0.717) is 10.0 Å². The number of aromatic nitrogens is 1. The van der Waals surface area contributed by atoms with Crippen molar-refractivity contribution in [3.05, 3.63) is 40.1 Å². The van der Waals surface area contributed by atoms with E-state index in [1.807, 2.05) is 6.92 Å². The Kier molecular flexibility index (Phi) is 4.29. The van der Waals surface area contributed by atoms with E-state index in [9.17, 15) is 4.79 Å². The van der Waals surface area contributed by atoms with E-state index in [0.717, 1.165) is 0 Å². The number of rotatable bonds is 3. The van der Waals surface area contributed by atoms with E-state index in [-0.39, 0.29) is 17.1 Å². The molecular weight excluding hydrogens is 279 g/mol. The van der Waals surface area contributed by atoms with Gasteiger partial charge in [0.2, 0.25) is 0 Å². The van der Waals surface area contributed by atoms with Gasteiger partial charge in [-0.1, -0.05) is 17.7 Å². The van der Waals surface area contributed by atoms with E-state index in [1.54, 1.807) is 12.1 Å². The minimum Gasteiger partial charge on any atom is -0.346 e. The zero-order valence-electron chi connectivity index (χ0n) is 8.13. The number of amides is 1. The van der Waals surface area contributed by atoms with Gasteiger partial charge in [-0.05, 0) is 28.9 Å². The zero-order chi connectivity index (χ0) is 11.4. The molecule has 1 aromatic heterocycles. The van der Waals surface area contributed by atoms with E-state index in [1.165, 1.54) is 6.20 Å². The Morgan fingerprint density at radius 2 is 2.47 bits per heavy atom. The van der Waals surface area contributed by atoms with Gasteiger partial charge in [0.1, 0.15) is 5.15 Å².